The highest BCUT2D eigenvalue weighted by Gasteiger charge is 2.09. The van der Waals surface area contributed by atoms with Gasteiger partial charge in [0, 0.05) is 30.9 Å². The largest absolute Gasteiger partial charge is 0.357 e. The van der Waals surface area contributed by atoms with Gasteiger partial charge < -0.3 is 16.0 Å². The number of carbonyl (C=O) groups excluding carboxylic acids is 1. The van der Waals surface area contributed by atoms with Crippen LogP contribution >= 0.6 is 11.6 Å². The molecule has 1 amide bonds. The number of hydrogen-bond acceptors (Lipinski definition) is 3. The predicted molar refractivity (Wildman–Crippen MR) is 119 cm³/mol. The fraction of sp³-hybridized carbons (Fsp3) is 0.409. The molecule has 0 spiro atoms. The summed E-state index contributed by atoms with van der Waals surface area (Å²) in [4.78, 5) is 21.0. The van der Waals surface area contributed by atoms with Gasteiger partial charge in [-0.25, -0.2) is 9.98 Å². The van der Waals surface area contributed by atoms with Crippen LogP contribution in [0.5, 0.6) is 0 Å². The first kappa shape index (κ1) is 22.7. The zero-order valence-corrected chi connectivity index (χ0v) is 18.1. The zero-order valence-electron chi connectivity index (χ0n) is 17.3. The van der Waals surface area contributed by atoms with E-state index in [2.05, 4.69) is 32.9 Å². The van der Waals surface area contributed by atoms with E-state index < -0.39 is 0 Å². The molecule has 1 atom stereocenters. The fourth-order valence-electron chi connectivity index (χ4n) is 2.61. The SMILES string of the molecule is CCNC(=NCc1cccc(C(=O)NC(C)CC)c1)NCCc1ccc(Cl)nc1. The van der Waals surface area contributed by atoms with Crippen LogP contribution in [0.15, 0.2) is 47.6 Å². The van der Waals surface area contributed by atoms with Gasteiger partial charge >= 0.3 is 0 Å². The molecule has 0 saturated heterocycles. The summed E-state index contributed by atoms with van der Waals surface area (Å²) in [6, 6.07) is 11.5. The average Bonchev–Trinajstić information content (AvgIpc) is 2.73. The first-order valence-corrected chi connectivity index (χ1v) is 10.4. The number of aromatic nitrogens is 1. The Kier molecular flexibility index (Phi) is 9.44. The maximum atomic E-state index is 12.3. The molecule has 1 heterocycles. The molecule has 29 heavy (non-hydrogen) atoms. The minimum atomic E-state index is -0.0493. The monoisotopic (exact) mass is 415 g/mol. The van der Waals surface area contributed by atoms with E-state index in [1.165, 1.54) is 0 Å². The third-order valence-electron chi connectivity index (χ3n) is 4.44. The molecular formula is C22H30ClN5O. The lowest BCUT2D eigenvalue weighted by Gasteiger charge is -2.13. The van der Waals surface area contributed by atoms with Crippen molar-refractivity contribution in [2.75, 3.05) is 13.1 Å². The maximum absolute atomic E-state index is 12.3. The Morgan fingerprint density at radius 1 is 1.17 bits per heavy atom. The molecule has 0 fully saturated rings. The first-order valence-electron chi connectivity index (χ1n) is 10.0. The molecule has 2 aromatic rings. The number of nitrogens with zero attached hydrogens (tertiary/aromatic N) is 2. The Bertz CT molecular complexity index is 807. The van der Waals surface area contributed by atoms with Crippen molar-refractivity contribution in [3.63, 3.8) is 0 Å². The summed E-state index contributed by atoms with van der Waals surface area (Å²) in [5, 5.41) is 10.1. The molecule has 7 heteroatoms. The molecule has 156 valence electrons. The number of benzene rings is 1. The van der Waals surface area contributed by atoms with Gasteiger partial charge in [-0.2, -0.15) is 0 Å². The third kappa shape index (κ3) is 8.11. The number of hydrogen-bond donors (Lipinski definition) is 3. The molecule has 3 N–H and O–H groups in total. The quantitative estimate of drug-likeness (QED) is 0.332. The molecule has 1 aromatic carbocycles. The highest BCUT2D eigenvalue weighted by Crippen LogP contribution is 2.08. The number of carbonyl (C=O) groups is 1. The van der Waals surface area contributed by atoms with Crippen molar-refractivity contribution in [2.45, 2.75) is 46.2 Å². The van der Waals surface area contributed by atoms with Gasteiger partial charge in [0.2, 0.25) is 0 Å². The number of amides is 1. The van der Waals surface area contributed by atoms with Crippen molar-refractivity contribution in [3.05, 3.63) is 64.4 Å². The molecule has 0 bridgehead atoms. The summed E-state index contributed by atoms with van der Waals surface area (Å²) < 4.78 is 0. The molecule has 0 aliphatic carbocycles. The lowest BCUT2D eigenvalue weighted by Crippen LogP contribution is -2.38. The molecule has 1 aromatic heterocycles. The van der Waals surface area contributed by atoms with Crippen molar-refractivity contribution < 1.29 is 4.79 Å². The molecule has 1 unspecified atom stereocenters. The normalized spacial score (nSPS) is 12.3. The van der Waals surface area contributed by atoms with Crippen LogP contribution in [0.1, 0.15) is 48.7 Å². The van der Waals surface area contributed by atoms with Gasteiger partial charge in [0.1, 0.15) is 5.15 Å². The van der Waals surface area contributed by atoms with E-state index in [-0.39, 0.29) is 11.9 Å². The van der Waals surface area contributed by atoms with E-state index in [4.69, 9.17) is 11.6 Å². The van der Waals surface area contributed by atoms with Gasteiger partial charge in [0.15, 0.2) is 5.96 Å². The second kappa shape index (κ2) is 12.1. The lowest BCUT2D eigenvalue weighted by molar-refractivity contribution is 0.0939. The highest BCUT2D eigenvalue weighted by molar-refractivity contribution is 6.29. The van der Waals surface area contributed by atoms with E-state index >= 15 is 0 Å². The third-order valence-corrected chi connectivity index (χ3v) is 4.66. The minimum absolute atomic E-state index is 0.0493. The molecule has 2 rings (SSSR count). The van der Waals surface area contributed by atoms with Gasteiger partial charge in [-0.15, -0.1) is 0 Å². The van der Waals surface area contributed by atoms with Crippen LogP contribution in [0.4, 0.5) is 0 Å². The summed E-state index contributed by atoms with van der Waals surface area (Å²) in [6.07, 6.45) is 3.50. The van der Waals surface area contributed by atoms with E-state index in [0.29, 0.717) is 17.3 Å². The number of guanidine groups is 1. The first-order chi connectivity index (χ1) is 14.0. The Morgan fingerprint density at radius 2 is 2.00 bits per heavy atom. The second-order valence-electron chi connectivity index (χ2n) is 6.84. The van der Waals surface area contributed by atoms with Gasteiger partial charge in [-0.05, 0) is 56.0 Å². The average molecular weight is 416 g/mol. The van der Waals surface area contributed by atoms with E-state index in [1.807, 2.05) is 44.2 Å². The van der Waals surface area contributed by atoms with Gasteiger partial charge in [0.25, 0.3) is 5.91 Å². The summed E-state index contributed by atoms with van der Waals surface area (Å²) in [7, 11) is 0. The Hall–Kier alpha value is -2.60. The predicted octanol–water partition coefficient (Wildman–Crippen LogP) is 3.56. The summed E-state index contributed by atoms with van der Waals surface area (Å²) >= 11 is 5.82. The van der Waals surface area contributed by atoms with Crippen molar-refractivity contribution in [3.8, 4) is 0 Å². The van der Waals surface area contributed by atoms with Gasteiger partial charge in [-0.3, -0.25) is 4.79 Å². The molecule has 0 radical (unpaired) electrons. The van der Waals surface area contributed by atoms with Crippen LogP contribution in [-0.4, -0.2) is 36.0 Å². The molecule has 6 nitrogen and oxygen atoms in total. The summed E-state index contributed by atoms with van der Waals surface area (Å²) in [6.45, 7) is 8.07. The summed E-state index contributed by atoms with van der Waals surface area (Å²) in [5.41, 5.74) is 2.75. The van der Waals surface area contributed by atoms with Crippen LogP contribution in [0.2, 0.25) is 5.15 Å². The van der Waals surface area contributed by atoms with Gasteiger partial charge in [-0.1, -0.05) is 36.7 Å². The number of pyridine rings is 1. The molecule has 0 aliphatic rings. The molecule has 0 saturated carbocycles. The highest BCUT2D eigenvalue weighted by atomic mass is 35.5. The topological polar surface area (TPSA) is 78.4 Å². The van der Waals surface area contributed by atoms with Gasteiger partial charge in [0.05, 0.1) is 6.54 Å². The Labute approximate surface area is 178 Å². The Morgan fingerprint density at radius 3 is 2.69 bits per heavy atom. The van der Waals surface area contributed by atoms with E-state index in [0.717, 1.165) is 43.0 Å². The molecular weight excluding hydrogens is 386 g/mol. The van der Waals surface area contributed by atoms with Crippen molar-refractivity contribution in [2.24, 2.45) is 4.99 Å². The van der Waals surface area contributed by atoms with Crippen molar-refractivity contribution in [1.82, 2.24) is 20.9 Å². The number of aliphatic imine (C=N–C) groups is 1. The lowest BCUT2D eigenvalue weighted by atomic mass is 10.1. The second-order valence-corrected chi connectivity index (χ2v) is 7.23. The minimum Gasteiger partial charge on any atom is -0.357 e. The van der Waals surface area contributed by atoms with Crippen LogP contribution in [-0.2, 0) is 13.0 Å². The smallest absolute Gasteiger partial charge is 0.251 e. The van der Waals surface area contributed by atoms with Crippen LogP contribution in [0.3, 0.4) is 0 Å². The van der Waals surface area contributed by atoms with Crippen LogP contribution in [0.25, 0.3) is 0 Å². The maximum Gasteiger partial charge on any atom is 0.251 e. The molecule has 0 aliphatic heterocycles. The number of rotatable bonds is 9. The number of nitrogens with one attached hydrogen (secondary N) is 3. The summed E-state index contributed by atoms with van der Waals surface area (Å²) in [5.74, 6) is 0.690. The standard InChI is InChI=1S/C22H30ClN5O/c1-4-16(3)28-21(29)19-8-6-7-18(13-19)15-27-22(24-5-2)25-12-11-17-9-10-20(23)26-14-17/h6-10,13-14,16H,4-5,11-12,15H2,1-3H3,(H,28,29)(H2,24,25,27). The van der Waals surface area contributed by atoms with Crippen molar-refractivity contribution in [1.29, 1.82) is 0 Å². The van der Waals surface area contributed by atoms with Crippen molar-refractivity contribution >= 4 is 23.5 Å². The van der Waals surface area contributed by atoms with E-state index in [1.54, 1.807) is 12.3 Å². The Balaban J connectivity index is 1.94. The zero-order chi connectivity index (χ0) is 21.1. The number of halogens is 1. The van der Waals surface area contributed by atoms with Crippen LogP contribution in [0, 0.1) is 0 Å². The fourth-order valence-corrected chi connectivity index (χ4v) is 2.72. The van der Waals surface area contributed by atoms with E-state index in [9.17, 15) is 4.79 Å². The van der Waals surface area contributed by atoms with Crippen LogP contribution < -0.4 is 16.0 Å².